The van der Waals surface area contributed by atoms with Gasteiger partial charge in [-0.05, 0) is 18.6 Å². The van der Waals surface area contributed by atoms with Crippen molar-refractivity contribution in [2.75, 3.05) is 0 Å². The molecular weight excluding hydrogens is 264 g/mol. The van der Waals surface area contributed by atoms with Crippen LogP contribution in [0.4, 0.5) is 0 Å². The lowest BCUT2D eigenvalue weighted by Crippen LogP contribution is -2.21. The van der Waals surface area contributed by atoms with Gasteiger partial charge in [0.2, 0.25) is 5.91 Å². The molecule has 0 bridgehead atoms. The van der Waals surface area contributed by atoms with E-state index in [2.05, 4.69) is 0 Å². The van der Waals surface area contributed by atoms with E-state index in [0.29, 0.717) is 0 Å². The number of aryl methyl sites for hydroxylation is 1. The lowest BCUT2D eigenvalue weighted by atomic mass is 10.0. The van der Waals surface area contributed by atoms with E-state index in [4.69, 9.17) is 5.73 Å². The summed E-state index contributed by atoms with van der Waals surface area (Å²) in [7, 11) is 1.89. The highest BCUT2D eigenvalue weighted by Gasteiger charge is 2.09. The second-order valence-corrected chi connectivity index (χ2v) is 4.86. The molecule has 4 heteroatoms. The maximum Gasteiger partial charge on any atom is 0.224 e. The fourth-order valence-electron chi connectivity index (χ4n) is 2.21. The number of primary amides is 1. The number of nitrogens with two attached hydrogens (primary N) is 1. The van der Waals surface area contributed by atoms with Gasteiger partial charge in [0, 0.05) is 18.0 Å². The zero-order chi connectivity index (χ0) is 15.2. The van der Waals surface area contributed by atoms with Gasteiger partial charge in [-0.2, -0.15) is 0 Å². The third-order valence-corrected chi connectivity index (χ3v) is 3.46. The summed E-state index contributed by atoms with van der Waals surface area (Å²) in [6.45, 7) is 0. The van der Waals surface area contributed by atoms with E-state index in [1.54, 1.807) is 0 Å². The minimum atomic E-state index is -0.240. The molecule has 4 nitrogen and oxygen atoms in total. The maximum atomic E-state index is 10.6. The minimum Gasteiger partial charge on any atom is -0.369 e. The smallest absolute Gasteiger partial charge is 0.224 e. The van der Waals surface area contributed by atoms with Crippen molar-refractivity contribution < 1.29 is 9.59 Å². The van der Waals surface area contributed by atoms with Crippen LogP contribution in [0.1, 0.15) is 16.9 Å². The summed E-state index contributed by atoms with van der Waals surface area (Å²) >= 11 is 0. The molecule has 1 heterocycles. The molecule has 1 atom stereocenters. The standard InChI is InChI=1S/C10H9NO.C7H9NO/c1-11-9(7-12)6-8-4-2-3-5-10(8)11;8-7(9)6-4-2-1-3-5-6/h2-7H,1H3;1-4,6H,5H2,(H2,8,9). The van der Waals surface area contributed by atoms with Gasteiger partial charge in [0.15, 0.2) is 6.29 Å². The first kappa shape index (κ1) is 14.8. The lowest BCUT2D eigenvalue weighted by Gasteiger charge is -2.06. The summed E-state index contributed by atoms with van der Waals surface area (Å²) in [6, 6.07) is 9.83. The molecule has 0 saturated carbocycles. The SMILES string of the molecule is Cn1c(C=O)cc2ccccc21.NC(=O)C1C=CC=CC1. The maximum absolute atomic E-state index is 10.6. The molecule has 0 radical (unpaired) electrons. The third kappa shape index (κ3) is 3.48. The monoisotopic (exact) mass is 282 g/mol. The number of nitrogens with zero attached hydrogens (tertiary/aromatic N) is 1. The number of hydrogen-bond acceptors (Lipinski definition) is 2. The van der Waals surface area contributed by atoms with E-state index in [1.807, 2.05) is 66.3 Å². The quantitative estimate of drug-likeness (QED) is 0.860. The Kier molecular flexibility index (Phi) is 4.72. The number of allylic oxidation sites excluding steroid dienone is 3. The van der Waals surface area contributed by atoms with Gasteiger partial charge in [-0.3, -0.25) is 9.59 Å². The predicted molar refractivity (Wildman–Crippen MR) is 83.9 cm³/mol. The number of rotatable bonds is 2. The second kappa shape index (κ2) is 6.70. The summed E-state index contributed by atoms with van der Waals surface area (Å²) in [5, 5.41) is 1.11. The number of amides is 1. The minimum absolute atomic E-state index is 0.0741. The molecule has 1 aromatic carbocycles. The van der Waals surface area contributed by atoms with Crippen molar-refractivity contribution in [3.8, 4) is 0 Å². The number of para-hydroxylation sites is 1. The molecule has 0 aliphatic heterocycles. The van der Waals surface area contributed by atoms with Crippen LogP contribution in [0.15, 0.2) is 54.6 Å². The van der Waals surface area contributed by atoms with Gasteiger partial charge in [-0.25, -0.2) is 0 Å². The molecular formula is C17H18N2O2. The summed E-state index contributed by atoms with van der Waals surface area (Å²) < 4.78 is 1.89. The molecule has 1 aliphatic rings. The topological polar surface area (TPSA) is 65.1 Å². The Morgan fingerprint density at radius 2 is 2.10 bits per heavy atom. The van der Waals surface area contributed by atoms with Crippen LogP contribution >= 0.6 is 0 Å². The molecule has 1 amide bonds. The molecule has 0 fully saturated rings. The van der Waals surface area contributed by atoms with E-state index in [-0.39, 0.29) is 11.8 Å². The summed E-state index contributed by atoms with van der Waals surface area (Å²) in [4.78, 5) is 21.1. The van der Waals surface area contributed by atoms with Gasteiger partial charge in [0.25, 0.3) is 0 Å². The van der Waals surface area contributed by atoms with Crippen LogP contribution in [0.3, 0.4) is 0 Å². The van der Waals surface area contributed by atoms with Gasteiger partial charge in [-0.1, -0.05) is 42.5 Å². The van der Waals surface area contributed by atoms with Crippen LogP contribution in [0, 0.1) is 5.92 Å². The fraction of sp³-hybridized carbons (Fsp3) is 0.176. The normalized spacial score (nSPS) is 16.3. The van der Waals surface area contributed by atoms with E-state index in [1.165, 1.54) is 0 Å². The Bertz CT molecular complexity index is 711. The summed E-state index contributed by atoms with van der Waals surface area (Å²) in [5.41, 5.74) is 6.86. The molecule has 1 unspecified atom stereocenters. The number of aldehydes is 1. The Morgan fingerprint density at radius 1 is 1.33 bits per heavy atom. The van der Waals surface area contributed by atoms with Crippen molar-refractivity contribution in [1.29, 1.82) is 0 Å². The third-order valence-electron chi connectivity index (χ3n) is 3.46. The molecule has 1 aliphatic carbocycles. The van der Waals surface area contributed by atoms with Crippen LogP contribution < -0.4 is 5.73 Å². The number of carbonyl (C=O) groups excluding carboxylic acids is 2. The van der Waals surface area contributed by atoms with E-state index in [0.717, 1.165) is 29.3 Å². The van der Waals surface area contributed by atoms with Crippen LogP contribution in [0.5, 0.6) is 0 Å². The second-order valence-electron chi connectivity index (χ2n) is 4.86. The first-order chi connectivity index (χ1) is 10.1. The summed E-state index contributed by atoms with van der Waals surface area (Å²) in [5.74, 6) is -0.314. The number of aromatic nitrogens is 1. The van der Waals surface area contributed by atoms with E-state index >= 15 is 0 Å². The number of fused-ring (bicyclic) bond motifs is 1. The van der Waals surface area contributed by atoms with Crippen molar-refractivity contribution in [1.82, 2.24) is 4.57 Å². The molecule has 108 valence electrons. The largest absolute Gasteiger partial charge is 0.369 e. The number of benzene rings is 1. The van der Waals surface area contributed by atoms with Crippen LogP contribution in [0.2, 0.25) is 0 Å². The Balaban J connectivity index is 0.000000161. The average Bonchev–Trinajstić information content (AvgIpc) is 2.85. The molecule has 3 rings (SSSR count). The van der Waals surface area contributed by atoms with Crippen LogP contribution in [0.25, 0.3) is 10.9 Å². The molecule has 21 heavy (non-hydrogen) atoms. The Hall–Kier alpha value is -2.62. The number of hydrogen-bond donors (Lipinski definition) is 1. The zero-order valence-electron chi connectivity index (χ0n) is 11.9. The molecule has 2 N–H and O–H groups in total. The summed E-state index contributed by atoms with van der Waals surface area (Å²) in [6.07, 6.45) is 9.15. The van der Waals surface area contributed by atoms with E-state index in [9.17, 15) is 9.59 Å². The van der Waals surface area contributed by atoms with Gasteiger partial charge in [-0.15, -0.1) is 0 Å². The predicted octanol–water partition coefficient (Wildman–Crippen LogP) is 2.59. The average molecular weight is 282 g/mol. The van der Waals surface area contributed by atoms with Crippen molar-refractivity contribution in [3.63, 3.8) is 0 Å². The first-order valence-corrected chi connectivity index (χ1v) is 6.75. The Labute approximate surface area is 123 Å². The van der Waals surface area contributed by atoms with E-state index < -0.39 is 0 Å². The highest BCUT2D eigenvalue weighted by Crippen LogP contribution is 2.16. The molecule has 2 aromatic rings. The highest BCUT2D eigenvalue weighted by molar-refractivity contribution is 5.88. The van der Waals surface area contributed by atoms with Crippen LogP contribution in [-0.2, 0) is 11.8 Å². The van der Waals surface area contributed by atoms with Gasteiger partial charge in [0.05, 0.1) is 11.6 Å². The van der Waals surface area contributed by atoms with Crippen molar-refractivity contribution in [3.05, 3.63) is 60.3 Å². The van der Waals surface area contributed by atoms with Gasteiger partial charge < -0.3 is 10.3 Å². The highest BCUT2D eigenvalue weighted by atomic mass is 16.1. The van der Waals surface area contributed by atoms with Crippen LogP contribution in [-0.4, -0.2) is 16.8 Å². The van der Waals surface area contributed by atoms with Crippen molar-refractivity contribution >= 4 is 23.1 Å². The van der Waals surface area contributed by atoms with Crippen molar-refractivity contribution in [2.45, 2.75) is 6.42 Å². The molecule has 0 spiro atoms. The molecule has 1 aromatic heterocycles. The zero-order valence-corrected chi connectivity index (χ0v) is 11.9. The fourth-order valence-corrected chi connectivity index (χ4v) is 2.21. The molecule has 0 saturated heterocycles. The number of carbonyl (C=O) groups is 2. The van der Waals surface area contributed by atoms with Gasteiger partial charge >= 0.3 is 0 Å². The lowest BCUT2D eigenvalue weighted by molar-refractivity contribution is -0.120. The van der Waals surface area contributed by atoms with Gasteiger partial charge in [0.1, 0.15) is 0 Å². The Morgan fingerprint density at radius 3 is 2.62 bits per heavy atom. The van der Waals surface area contributed by atoms with Crippen molar-refractivity contribution in [2.24, 2.45) is 18.7 Å². The first-order valence-electron chi connectivity index (χ1n) is 6.75.